The molecule has 13 heteroatoms. The number of nitrogens with one attached hydrogen (secondary N) is 3. The lowest BCUT2D eigenvalue weighted by molar-refractivity contribution is 0.0705. The summed E-state index contributed by atoms with van der Waals surface area (Å²) in [7, 11) is 0. The summed E-state index contributed by atoms with van der Waals surface area (Å²) in [6, 6.07) is 8.00. The highest BCUT2D eigenvalue weighted by Crippen LogP contribution is 2.36. The molecule has 0 bridgehead atoms. The quantitative estimate of drug-likeness (QED) is 0.201. The molecule has 1 aliphatic heterocycles. The molecule has 5 aromatic rings. The first-order chi connectivity index (χ1) is 17.7. The van der Waals surface area contributed by atoms with Gasteiger partial charge >= 0.3 is 0 Å². The van der Waals surface area contributed by atoms with E-state index in [-0.39, 0.29) is 5.56 Å². The van der Waals surface area contributed by atoms with Crippen LogP contribution >= 0.6 is 11.3 Å². The Kier molecular flexibility index (Phi) is 5.85. The average molecular weight is 504 g/mol. The van der Waals surface area contributed by atoms with Crippen molar-refractivity contribution in [3.8, 4) is 11.4 Å². The van der Waals surface area contributed by atoms with Crippen LogP contribution in [0.1, 0.15) is 15.2 Å². The van der Waals surface area contributed by atoms with Crippen LogP contribution in [0, 0.1) is 0 Å². The van der Waals surface area contributed by atoms with Gasteiger partial charge in [0.1, 0.15) is 0 Å². The smallest absolute Gasteiger partial charge is 0.277 e. The molecule has 1 saturated heterocycles. The largest absolute Gasteiger partial charge is 0.378 e. The molecule has 0 aliphatic carbocycles. The summed E-state index contributed by atoms with van der Waals surface area (Å²) in [5.41, 5.74) is 4.44. The normalized spacial score (nSPS) is 13.9. The van der Waals surface area contributed by atoms with E-state index < -0.39 is 5.91 Å². The fourth-order valence-corrected chi connectivity index (χ4v) is 5.14. The average Bonchev–Trinajstić information content (AvgIpc) is 3.58. The molecule has 0 spiro atoms. The summed E-state index contributed by atoms with van der Waals surface area (Å²) in [5, 5.41) is 20.1. The predicted molar refractivity (Wildman–Crippen MR) is 134 cm³/mol. The monoisotopic (exact) mass is 503 g/mol. The Hall–Kier alpha value is -4.20. The minimum atomic E-state index is -0.665. The predicted octanol–water partition coefficient (Wildman–Crippen LogP) is 2.59. The molecule has 12 nitrogen and oxygen atoms in total. The number of rotatable bonds is 6. The molecule has 182 valence electrons. The molecule has 36 heavy (non-hydrogen) atoms. The topological polar surface area (TPSA) is 154 Å². The van der Waals surface area contributed by atoms with Gasteiger partial charge in [0.25, 0.3) is 5.91 Å². The number of aromatic nitrogens is 6. The minimum Gasteiger partial charge on any atom is -0.378 e. The summed E-state index contributed by atoms with van der Waals surface area (Å²) in [6.45, 7) is 3.30. The van der Waals surface area contributed by atoms with Crippen LogP contribution < -0.4 is 15.7 Å². The number of hydrogen-bond donors (Lipinski definition) is 4. The van der Waals surface area contributed by atoms with E-state index in [9.17, 15) is 4.79 Å². The third kappa shape index (κ3) is 4.19. The second-order valence-electron chi connectivity index (χ2n) is 8.12. The number of hydrogen-bond acceptors (Lipinski definition) is 11. The molecule has 1 aromatic carbocycles. The van der Waals surface area contributed by atoms with Crippen molar-refractivity contribution in [3.05, 3.63) is 53.3 Å². The first-order valence-corrected chi connectivity index (χ1v) is 12.1. The molecule has 6 rings (SSSR count). The van der Waals surface area contributed by atoms with E-state index >= 15 is 0 Å². The Labute approximate surface area is 208 Å². The number of aromatic amines is 1. The molecular weight excluding hydrogens is 482 g/mol. The maximum absolute atomic E-state index is 11.5. The number of nitrogens with zero attached hydrogens (tertiary/aromatic N) is 6. The van der Waals surface area contributed by atoms with Gasteiger partial charge in [-0.2, -0.15) is 5.10 Å². The van der Waals surface area contributed by atoms with Crippen molar-refractivity contribution in [3.63, 3.8) is 0 Å². The highest BCUT2D eigenvalue weighted by Gasteiger charge is 2.21. The Morgan fingerprint density at radius 1 is 1.17 bits per heavy atom. The molecule has 1 amide bonds. The van der Waals surface area contributed by atoms with Gasteiger partial charge in [-0.1, -0.05) is 12.1 Å². The fourth-order valence-electron chi connectivity index (χ4n) is 4.09. The fraction of sp³-hybridized carbons (Fsp3) is 0.217. The number of carbonyl (C=O) groups is 1. The maximum Gasteiger partial charge on any atom is 0.277 e. The van der Waals surface area contributed by atoms with E-state index in [0.29, 0.717) is 31.5 Å². The lowest BCUT2D eigenvalue weighted by atomic mass is 10.1. The molecule has 1 aliphatic rings. The summed E-state index contributed by atoms with van der Waals surface area (Å²) in [5.74, 6) is 1.25. The van der Waals surface area contributed by atoms with Gasteiger partial charge in [-0.15, -0.1) is 11.3 Å². The number of anilines is 2. The van der Waals surface area contributed by atoms with Gasteiger partial charge in [0.15, 0.2) is 11.6 Å². The lowest BCUT2D eigenvalue weighted by Crippen LogP contribution is -2.36. The van der Waals surface area contributed by atoms with Crippen molar-refractivity contribution in [2.75, 3.05) is 36.5 Å². The van der Waals surface area contributed by atoms with Crippen molar-refractivity contribution >= 4 is 50.1 Å². The van der Waals surface area contributed by atoms with Gasteiger partial charge in [0, 0.05) is 41.3 Å². The Morgan fingerprint density at radius 3 is 2.81 bits per heavy atom. The van der Waals surface area contributed by atoms with E-state index in [1.54, 1.807) is 23.0 Å². The third-order valence-electron chi connectivity index (χ3n) is 5.88. The summed E-state index contributed by atoms with van der Waals surface area (Å²) in [6.07, 6.45) is 4.48. The van der Waals surface area contributed by atoms with Gasteiger partial charge in [-0.3, -0.25) is 15.1 Å². The standard InChI is InChI=1S/C23H21N9O3S/c33-22(31-34)13-9-24-23(25-10-13)26-11-14-8-18-19(36-14)21(32-4-6-35-7-5-32)29-20(28-18)15-2-1-3-17-16(15)12-27-30-17/h1-3,8-10,12,34H,4-7,11H2,(H,27,30)(H,31,33)(H,24,25,26). The Bertz CT molecular complexity index is 1540. The molecule has 1 fully saturated rings. The van der Waals surface area contributed by atoms with Gasteiger partial charge in [0.05, 0.1) is 47.3 Å². The zero-order chi connectivity index (χ0) is 24.5. The number of benzene rings is 1. The Morgan fingerprint density at radius 2 is 2.00 bits per heavy atom. The van der Waals surface area contributed by atoms with Crippen LogP contribution in [0.4, 0.5) is 11.8 Å². The van der Waals surface area contributed by atoms with Crippen LogP contribution in [0.2, 0.25) is 0 Å². The van der Waals surface area contributed by atoms with Crippen LogP contribution in [-0.4, -0.2) is 67.6 Å². The van der Waals surface area contributed by atoms with Crippen LogP contribution in [0.5, 0.6) is 0 Å². The van der Waals surface area contributed by atoms with Crippen LogP contribution in [0.3, 0.4) is 0 Å². The molecule has 0 radical (unpaired) electrons. The highest BCUT2D eigenvalue weighted by molar-refractivity contribution is 7.19. The maximum atomic E-state index is 11.5. The molecule has 5 heterocycles. The number of ether oxygens (including phenoxy) is 1. The van der Waals surface area contributed by atoms with E-state index in [2.05, 4.69) is 30.4 Å². The molecule has 4 N–H and O–H groups in total. The summed E-state index contributed by atoms with van der Waals surface area (Å²) < 4.78 is 6.57. The van der Waals surface area contributed by atoms with Crippen LogP contribution in [0.15, 0.2) is 42.9 Å². The summed E-state index contributed by atoms with van der Waals surface area (Å²) in [4.78, 5) is 33.0. The minimum absolute atomic E-state index is 0.163. The van der Waals surface area contributed by atoms with Gasteiger partial charge in [-0.05, 0) is 12.1 Å². The van der Waals surface area contributed by atoms with E-state index in [0.717, 1.165) is 50.5 Å². The molecular formula is C23H21N9O3S. The van der Waals surface area contributed by atoms with E-state index in [1.165, 1.54) is 12.4 Å². The molecule has 4 aromatic heterocycles. The van der Waals surface area contributed by atoms with E-state index in [4.69, 9.17) is 19.9 Å². The van der Waals surface area contributed by atoms with E-state index in [1.807, 2.05) is 24.3 Å². The number of morpholine rings is 1. The van der Waals surface area contributed by atoms with Gasteiger partial charge in [0.2, 0.25) is 5.95 Å². The molecule has 0 saturated carbocycles. The summed E-state index contributed by atoms with van der Waals surface area (Å²) >= 11 is 1.62. The number of amides is 1. The Balaban J connectivity index is 1.35. The number of hydroxylamine groups is 1. The van der Waals surface area contributed by atoms with Gasteiger partial charge < -0.3 is 15.0 Å². The van der Waals surface area contributed by atoms with Crippen LogP contribution in [-0.2, 0) is 11.3 Å². The lowest BCUT2D eigenvalue weighted by Gasteiger charge is -2.28. The first kappa shape index (κ1) is 22.3. The van der Waals surface area contributed by atoms with Crippen molar-refractivity contribution in [2.45, 2.75) is 6.54 Å². The second-order valence-corrected chi connectivity index (χ2v) is 9.26. The number of thiophene rings is 1. The third-order valence-corrected chi connectivity index (χ3v) is 7.00. The van der Waals surface area contributed by atoms with Crippen molar-refractivity contribution in [1.82, 2.24) is 35.6 Å². The number of fused-ring (bicyclic) bond motifs is 2. The van der Waals surface area contributed by atoms with Gasteiger partial charge in [-0.25, -0.2) is 25.4 Å². The zero-order valence-electron chi connectivity index (χ0n) is 18.9. The SMILES string of the molecule is O=C(NO)c1cnc(NCc2cc3nc(-c4cccc5[nH]ncc45)nc(N4CCOCC4)c3s2)nc1. The first-order valence-electron chi connectivity index (χ1n) is 11.3. The van der Waals surface area contributed by atoms with Crippen molar-refractivity contribution in [1.29, 1.82) is 0 Å². The van der Waals surface area contributed by atoms with Crippen molar-refractivity contribution < 1.29 is 14.7 Å². The highest BCUT2D eigenvalue weighted by atomic mass is 32.1. The molecule has 0 unspecified atom stereocenters. The molecule has 0 atom stereocenters. The zero-order valence-corrected chi connectivity index (χ0v) is 19.7. The number of H-pyrrole nitrogens is 1. The van der Waals surface area contributed by atoms with Crippen molar-refractivity contribution in [2.24, 2.45) is 0 Å². The van der Waals surface area contributed by atoms with Crippen LogP contribution in [0.25, 0.3) is 32.5 Å². The second kappa shape index (κ2) is 9.45. The number of carbonyl (C=O) groups excluding carboxylic acids is 1.